The lowest BCUT2D eigenvalue weighted by Crippen LogP contribution is -2.39. The maximum atomic E-state index is 12.4. The molecule has 2 rings (SSSR count). The van der Waals surface area contributed by atoms with E-state index in [-0.39, 0.29) is 5.91 Å². The minimum absolute atomic E-state index is 0.00875. The van der Waals surface area contributed by atoms with Gasteiger partial charge in [-0.1, -0.05) is 13.3 Å². The molecule has 1 aromatic rings. The van der Waals surface area contributed by atoms with Crippen LogP contribution in [-0.2, 0) is 0 Å². The Labute approximate surface area is 115 Å². The molecule has 0 radical (unpaired) electrons. The van der Waals surface area contributed by atoms with Crippen molar-refractivity contribution < 1.29 is 4.79 Å². The van der Waals surface area contributed by atoms with Gasteiger partial charge >= 0.3 is 0 Å². The Kier molecular flexibility index (Phi) is 4.40. The molecule has 1 heterocycles. The predicted octanol–water partition coefficient (Wildman–Crippen LogP) is 2.70. The summed E-state index contributed by atoms with van der Waals surface area (Å²) in [5, 5.41) is 0. The van der Waals surface area contributed by atoms with Crippen molar-refractivity contribution >= 4 is 11.6 Å². The molecule has 0 aromatic carbocycles. The fraction of sp³-hybridized carbons (Fsp3) is 0.600. The molecule has 0 saturated heterocycles. The van der Waals surface area contributed by atoms with Gasteiger partial charge in [0.05, 0.1) is 5.56 Å². The number of hydrogen-bond donors (Lipinski definition) is 1. The SMILES string of the molecule is CCC1CCC(N(C)C(=O)c2cnccc2N)CC1. The van der Waals surface area contributed by atoms with Crippen LogP contribution in [0, 0.1) is 5.92 Å². The molecule has 1 fully saturated rings. The van der Waals surface area contributed by atoms with E-state index in [1.807, 2.05) is 11.9 Å². The Morgan fingerprint density at radius 3 is 2.68 bits per heavy atom. The molecular weight excluding hydrogens is 238 g/mol. The zero-order chi connectivity index (χ0) is 13.8. The number of anilines is 1. The minimum atomic E-state index is -0.00875. The quantitative estimate of drug-likeness (QED) is 0.910. The third-order valence-corrected chi connectivity index (χ3v) is 4.35. The lowest BCUT2D eigenvalue weighted by atomic mass is 9.84. The first-order valence-corrected chi connectivity index (χ1v) is 7.10. The van der Waals surface area contributed by atoms with Crippen LogP contribution in [-0.4, -0.2) is 28.9 Å². The molecule has 1 amide bonds. The monoisotopic (exact) mass is 261 g/mol. The standard InChI is InChI=1S/C15H23N3O/c1-3-11-4-6-12(7-5-11)18(2)15(19)13-10-17-9-8-14(13)16/h8-12H,3-7H2,1-2H3,(H2,16,17). The second-order valence-corrected chi connectivity index (χ2v) is 5.46. The fourth-order valence-corrected chi connectivity index (χ4v) is 2.88. The zero-order valence-corrected chi connectivity index (χ0v) is 11.8. The highest BCUT2D eigenvalue weighted by Crippen LogP contribution is 2.29. The summed E-state index contributed by atoms with van der Waals surface area (Å²) in [7, 11) is 1.88. The molecule has 1 saturated carbocycles. The number of nitrogens with two attached hydrogens (primary N) is 1. The van der Waals surface area contributed by atoms with E-state index in [0.29, 0.717) is 17.3 Å². The average molecular weight is 261 g/mol. The lowest BCUT2D eigenvalue weighted by molar-refractivity contribution is 0.0675. The van der Waals surface area contributed by atoms with Crippen LogP contribution in [0.5, 0.6) is 0 Å². The third kappa shape index (κ3) is 3.06. The normalized spacial score (nSPS) is 23.1. The van der Waals surface area contributed by atoms with Crippen LogP contribution in [0.2, 0.25) is 0 Å². The molecule has 0 atom stereocenters. The highest BCUT2D eigenvalue weighted by molar-refractivity contribution is 5.98. The minimum Gasteiger partial charge on any atom is -0.398 e. The summed E-state index contributed by atoms with van der Waals surface area (Å²) in [5.41, 5.74) is 6.87. The number of pyridine rings is 1. The van der Waals surface area contributed by atoms with Crippen LogP contribution in [0.3, 0.4) is 0 Å². The summed E-state index contributed by atoms with van der Waals surface area (Å²) in [6.45, 7) is 2.25. The van der Waals surface area contributed by atoms with Gasteiger partial charge in [0.2, 0.25) is 0 Å². The number of nitrogen functional groups attached to an aromatic ring is 1. The maximum Gasteiger partial charge on any atom is 0.257 e. The van der Waals surface area contributed by atoms with Gasteiger partial charge in [0.25, 0.3) is 5.91 Å². The summed E-state index contributed by atoms with van der Waals surface area (Å²) in [6.07, 6.45) is 9.06. The van der Waals surface area contributed by atoms with Crippen molar-refractivity contribution in [2.45, 2.75) is 45.1 Å². The Morgan fingerprint density at radius 2 is 2.11 bits per heavy atom. The number of rotatable bonds is 3. The van der Waals surface area contributed by atoms with Crippen molar-refractivity contribution in [1.82, 2.24) is 9.88 Å². The number of hydrogen-bond acceptors (Lipinski definition) is 3. The smallest absolute Gasteiger partial charge is 0.257 e. The highest BCUT2D eigenvalue weighted by Gasteiger charge is 2.27. The van der Waals surface area contributed by atoms with E-state index in [9.17, 15) is 4.79 Å². The van der Waals surface area contributed by atoms with Crippen LogP contribution < -0.4 is 5.73 Å². The van der Waals surface area contributed by atoms with Gasteiger partial charge in [-0.05, 0) is 37.7 Å². The van der Waals surface area contributed by atoms with Crippen molar-refractivity contribution in [2.75, 3.05) is 12.8 Å². The van der Waals surface area contributed by atoms with E-state index in [1.54, 1.807) is 18.5 Å². The Morgan fingerprint density at radius 1 is 1.42 bits per heavy atom. The molecule has 4 heteroatoms. The van der Waals surface area contributed by atoms with Crippen molar-refractivity contribution in [1.29, 1.82) is 0 Å². The summed E-state index contributed by atoms with van der Waals surface area (Å²) < 4.78 is 0. The van der Waals surface area contributed by atoms with E-state index in [0.717, 1.165) is 18.8 Å². The Balaban J connectivity index is 2.02. The van der Waals surface area contributed by atoms with E-state index in [1.165, 1.54) is 19.3 Å². The molecule has 0 spiro atoms. The van der Waals surface area contributed by atoms with Gasteiger partial charge in [0, 0.05) is 31.2 Å². The molecule has 104 valence electrons. The molecule has 0 unspecified atom stereocenters. The second kappa shape index (κ2) is 6.04. The van der Waals surface area contributed by atoms with Gasteiger partial charge in [0.1, 0.15) is 0 Å². The molecule has 19 heavy (non-hydrogen) atoms. The van der Waals surface area contributed by atoms with Crippen LogP contribution in [0.1, 0.15) is 49.4 Å². The first-order valence-electron chi connectivity index (χ1n) is 7.10. The number of carbonyl (C=O) groups excluding carboxylic acids is 1. The van der Waals surface area contributed by atoms with Gasteiger partial charge in [-0.25, -0.2) is 0 Å². The summed E-state index contributed by atoms with van der Waals surface area (Å²) in [4.78, 5) is 18.3. The molecule has 0 bridgehead atoms. The lowest BCUT2D eigenvalue weighted by Gasteiger charge is -2.34. The molecule has 4 nitrogen and oxygen atoms in total. The molecular formula is C15H23N3O. The predicted molar refractivity (Wildman–Crippen MR) is 76.8 cm³/mol. The van der Waals surface area contributed by atoms with Crippen molar-refractivity contribution in [2.24, 2.45) is 5.92 Å². The van der Waals surface area contributed by atoms with Crippen molar-refractivity contribution in [3.8, 4) is 0 Å². The van der Waals surface area contributed by atoms with Gasteiger partial charge in [-0.15, -0.1) is 0 Å². The first-order chi connectivity index (χ1) is 9.13. The van der Waals surface area contributed by atoms with E-state index < -0.39 is 0 Å². The molecule has 1 aliphatic carbocycles. The van der Waals surface area contributed by atoms with Crippen molar-refractivity contribution in [3.05, 3.63) is 24.0 Å². The second-order valence-electron chi connectivity index (χ2n) is 5.46. The van der Waals surface area contributed by atoms with E-state index in [4.69, 9.17) is 5.73 Å². The number of nitrogens with zero attached hydrogens (tertiary/aromatic N) is 2. The van der Waals surface area contributed by atoms with Crippen LogP contribution in [0.4, 0.5) is 5.69 Å². The number of amides is 1. The van der Waals surface area contributed by atoms with E-state index in [2.05, 4.69) is 11.9 Å². The average Bonchev–Trinajstić information content (AvgIpc) is 2.46. The highest BCUT2D eigenvalue weighted by atomic mass is 16.2. The summed E-state index contributed by atoms with van der Waals surface area (Å²) in [5.74, 6) is 0.828. The van der Waals surface area contributed by atoms with Crippen LogP contribution in [0.15, 0.2) is 18.5 Å². The topological polar surface area (TPSA) is 59.2 Å². The summed E-state index contributed by atoms with van der Waals surface area (Å²) >= 11 is 0. The van der Waals surface area contributed by atoms with Gasteiger partial charge in [-0.3, -0.25) is 9.78 Å². The Hall–Kier alpha value is -1.58. The zero-order valence-electron chi connectivity index (χ0n) is 11.8. The molecule has 0 aliphatic heterocycles. The number of carbonyl (C=O) groups is 1. The third-order valence-electron chi connectivity index (χ3n) is 4.35. The largest absolute Gasteiger partial charge is 0.398 e. The molecule has 1 aromatic heterocycles. The van der Waals surface area contributed by atoms with Crippen molar-refractivity contribution in [3.63, 3.8) is 0 Å². The van der Waals surface area contributed by atoms with Gasteiger partial charge < -0.3 is 10.6 Å². The van der Waals surface area contributed by atoms with Crippen LogP contribution in [0.25, 0.3) is 0 Å². The Bertz CT molecular complexity index is 439. The summed E-state index contributed by atoms with van der Waals surface area (Å²) in [6, 6.07) is 2.02. The first kappa shape index (κ1) is 13.8. The van der Waals surface area contributed by atoms with Gasteiger partial charge in [0.15, 0.2) is 0 Å². The van der Waals surface area contributed by atoms with Crippen LogP contribution >= 0.6 is 0 Å². The van der Waals surface area contributed by atoms with E-state index >= 15 is 0 Å². The van der Waals surface area contributed by atoms with Gasteiger partial charge in [-0.2, -0.15) is 0 Å². The fourth-order valence-electron chi connectivity index (χ4n) is 2.88. The molecule has 1 aliphatic rings. The molecule has 2 N–H and O–H groups in total. The maximum absolute atomic E-state index is 12.4. The number of aromatic nitrogens is 1.